The minimum absolute atomic E-state index is 0.240. The Morgan fingerprint density at radius 1 is 1.24 bits per heavy atom. The third-order valence-electron chi connectivity index (χ3n) is 3.32. The Labute approximate surface area is 123 Å². The van der Waals surface area contributed by atoms with Gasteiger partial charge in [0.1, 0.15) is 5.82 Å². The first kappa shape index (κ1) is 14.8. The number of amides is 1. The molecule has 0 aliphatic heterocycles. The molecular weight excluding hydrogens is 269 g/mol. The maximum atomic E-state index is 13.0. The Bertz CT molecular complexity index is 671. The third-order valence-corrected chi connectivity index (χ3v) is 3.32. The van der Waals surface area contributed by atoms with Crippen LogP contribution in [0.2, 0.25) is 0 Å². The number of nitrogen functional groups attached to an aromatic ring is 1. The van der Waals surface area contributed by atoms with E-state index in [-0.39, 0.29) is 5.82 Å². The van der Waals surface area contributed by atoms with Crippen molar-refractivity contribution >= 4 is 17.3 Å². The number of anilines is 2. The Morgan fingerprint density at radius 3 is 2.67 bits per heavy atom. The van der Waals surface area contributed by atoms with Crippen molar-refractivity contribution in [3.8, 4) is 0 Å². The molecule has 2 aromatic carbocycles. The molecule has 0 aliphatic rings. The van der Waals surface area contributed by atoms with Gasteiger partial charge in [0.15, 0.2) is 0 Å². The van der Waals surface area contributed by atoms with E-state index in [1.165, 1.54) is 12.1 Å². The van der Waals surface area contributed by atoms with Gasteiger partial charge in [-0.2, -0.15) is 0 Å². The predicted molar refractivity (Wildman–Crippen MR) is 82.7 cm³/mol. The van der Waals surface area contributed by atoms with E-state index in [0.717, 1.165) is 11.1 Å². The average molecular weight is 287 g/mol. The minimum atomic E-state index is -0.504. The van der Waals surface area contributed by atoms with Crippen molar-refractivity contribution in [2.24, 2.45) is 5.73 Å². The topological polar surface area (TPSA) is 81.1 Å². The van der Waals surface area contributed by atoms with Gasteiger partial charge in [-0.25, -0.2) is 4.39 Å². The predicted octanol–water partition coefficient (Wildman–Crippen LogP) is 2.47. The number of nitrogens with one attached hydrogen (secondary N) is 1. The molecule has 0 aliphatic carbocycles. The zero-order chi connectivity index (χ0) is 15.4. The van der Waals surface area contributed by atoms with Gasteiger partial charge >= 0.3 is 0 Å². The molecule has 0 atom stereocenters. The largest absolute Gasteiger partial charge is 0.399 e. The number of hydrogen-bond donors (Lipinski definition) is 3. The fraction of sp³-hybridized carbons (Fsp3) is 0.188. The van der Waals surface area contributed by atoms with Crippen molar-refractivity contribution in [3.05, 3.63) is 58.9 Å². The maximum Gasteiger partial charge on any atom is 0.250 e. The molecule has 110 valence electrons. The van der Waals surface area contributed by atoms with Crippen molar-refractivity contribution in [1.29, 1.82) is 0 Å². The molecule has 0 radical (unpaired) electrons. The normalized spacial score (nSPS) is 10.4. The molecule has 5 N–H and O–H groups in total. The van der Waals surface area contributed by atoms with E-state index in [4.69, 9.17) is 11.5 Å². The Balaban J connectivity index is 2.06. The number of aryl methyl sites for hydroxylation is 1. The molecule has 0 spiro atoms. The molecule has 0 aromatic heterocycles. The smallest absolute Gasteiger partial charge is 0.250 e. The van der Waals surface area contributed by atoms with Crippen molar-refractivity contribution in [3.63, 3.8) is 0 Å². The van der Waals surface area contributed by atoms with Crippen molar-refractivity contribution in [1.82, 2.24) is 0 Å². The fourth-order valence-electron chi connectivity index (χ4n) is 2.19. The molecule has 0 saturated carbocycles. The lowest BCUT2D eigenvalue weighted by atomic mass is 10.1. The zero-order valence-electron chi connectivity index (χ0n) is 11.8. The number of primary amides is 1. The number of carbonyl (C=O) groups is 1. The molecule has 1 amide bonds. The second-order valence-electron chi connectivity index (χ2n) is 4.92. The van der Waals surface area contributed by atoms with E-state index < -0.39 is 5.91 Å². The lowest BCUT2D eigenvalue weighted by Gasteiger charge is -2.12. The van der Waals surface area contributed by atoms with E-state index in [0.29, 0.717) is 29.9 Å². The minimum Gasteiger partial charge on any atom is -0.399 e. The quantitative estimate of drug-likeness (QED) is 0.739. The number of nitrogens with two attached hydrogens (primary N) is 2. The molecule has 0 unspecified atom stereocenters. The lowest BCUT2D eigenvalue weighted by Crippen LogP contribution is -2.16. The highest BCUT2D eigenvalue weighted by molar-refractivity contribution is 5.99. The van der Waals surface area contributed by atoms with E-state index >= 15 is 0 Å². The summed E-state index contributed by atoms with van der Waals surface area (Å²) in [6, 6.07) is 9.62. The summed E-state index contributed by atoms with van der Waals surface area (Å²) in [5, 5.41) is 3.15. The summed E-state index contributed by atoms with van der Waals surface area (Å²) in [6.07, 6.45) is 0.707. The van der Waals surface area contributed by atoms with Crippen molar-refractivity contribution in [2.45, 2.75) is 13.3 Å². The Morgan fingerprint density at radius 2 is 2.00 bits per heavy atom. The van der Waals surface area contributed by atoms with Gasteiger partial charge in [0.2, 0.25) is 0 Å². The Hall–Kier alpha value is -2.56. The second-order valence-corrected chi connectivity index (χ2v) is 4.92. The summed E-state index contributed by atoms with van der Waals surface area (Å²) >= 11 is 0. The van der Waals surface area contributed by atoms with Gasteiger partial charge in [-0.15, -0.1) is 0 Å². The van der Waals surface area contributed by atoms with Gasteiger partial charge in [-0.1, -0.05) is 6.07 Å². The molecule has 4 nitrogen and oxygen atoms in total. The van der Waals surface area contributed by atoms with E-state index in [2.05, 4.69) is 5.32 Å². The third kappa shape index (κ3) is 3.72. The first-order valence-corrected chi connectivity index (χ1v) is 6.65. The first-order valence-electron chi connectivity index (χ1n) is 6.65. The van der Waals surface area contributed by atoms with Crippen LogP contribution in [0.3, 0.4) is 0 Å². The number of rotatable bonds is 5. The first-order chi connectivity index (χ1) is 9.97. The highest BCUT2D eigenvalue weighted by Crippen LogP contribution is 2.19. The summed E-state index contributed by atoms with van der Waals surface area (Å²) < 4.78 is 13.0. The van der Waals surface area contributed by atoms with Crippen LogP contribution in [0.15, 0.2) is 36.4 Å². The number of benzene rings is 2. The summed E-state index contributed by atoms with van der Waals surface area (Å²) in [7, 11) is 0. The Kier molecular flexibility index (Phi) is 4.42. The van der Waals surface area contributed by atoms with Gasteiger partial charge in [0, 0.05) is 17.9 Å². The molecule has 21 heavy (non-hydrogen) atoms. The lowest BCUT2D eigenvalue weighted by molar-refractivity contribution is 0.100. The van der Waals surface area contributed by atoms with E-state index in [1.807, 2.05) is 6.92 Å². The molecule has 0 heterocycles. The summed E-state index contributed by atoms with van der Waals surface area (Å²) in [5.41, 5.74) is 14.6. The zero-order valence-corrected chi connectivity index (χ0v) is 11.8. The average Bonchev–Trinajstić information content (AvgIpc) is 2.41. The highest BCUT2D eigenvalue weighted by atomic mass is 19.1. The van der Waals surface area contributed by atoms with Gasteiger partial charge in [0.05, 0.1) is 5.56 Å². The molecule has 5 heteroatoms. The SMILES string of the molecule is Cc1cc(F)ccc1CCNc1cc(N)ccc1C(N)=O. The monoisotopic (exact) mass is 287 g/mol. The fourth-order valence-corrected chi connectivity index (χ4v) is 2.19. The molecule has 2 aromatic rings. The maximum absolute atomic E-state index is 13.0. The van der Waals surface area contributed by atoms with Gasteiger partial charge < -0.3 is 16.8 Å². The van der Waals surface area contributed by atoms with E-state index in [9.17, 15) is 9.18 Å². The van der Waals surface area contributed by atoms with Crippen LogP contribution in [0.4, 0.5) is 15.8 Å². The standard InChI is InChI=1S/C16H18FN3O/c1-10-8-12(17)3-2-11(10)6-7-20-15-9-13(18)4-5-14(15)16(19)21/h2-5,8-9,20H,6-7,18H2,1H3,(H2,19,21). The van der Waals surface area contributed by atoms with Crippen LogP contribution in [0.25, 0.3) is 0 Å². The highest BCUT2D eigenvalue weighted by Gasteiger charge is 2.08. The van der Waals surface area contributed by atoms with Gasteiger partial charge in [-0.05, 0) is 54.8 Å². The van der Waals surface area contributed by atoms with Crippen LogP contribution in [-0.2, 0) is 6.42 Å². The van der Waals surface area contributed by atoms with Crippen LogP contribution in [0, 0.1) is 12.7 Å². The van der Waals surface area contributed by atoms with Crippen molar-refractivity contribution < 1.29 is 9.18 Å². The van der Waals surface area contributed by atoms with Crippen LogP contribution in [0.5, 0.6) is 0 Å². The van der Waals surface area contributed by atoms with E-state index in [1.54, 1.807) is 24.3 Å². The van der Waals surface area contributed by atoms with Crippen molar-refractivity contribution in [2.75, 3.05) is 17.6 Å². The summed E-state index contributed by atoms with van der Waals surface area (Å²) in [4.78, 5) is 11.4. The molecule has 0 bridgehead atoms. The van der Waals surface area contributed by atoms with Crippen LogP contribution in [0.1, 0.15) is 21.5 Å². The van der Waals surface area contributed by atoms with Crippen LogP contribution in [-0.4, -0.2) is 12.5 Å². The van der Waals surface area contributed by atoms with Gasteiger partial charge in [0.25, 0.3) is 5.91 Å². The number of halogens is 1. The van der Waals surface area contributed by atoms with Crippen LogP contribution >= 0.6 is 0 Å². The molecule has 0 saturated heterocycles. The molecular formula is C16H18FN3O. The summed E-state index contributed by atoms with van der Waals surface area (Å²) in [6.45, 7) is 2.46. The number of hydrogen-bond acceptors (Lipinski definition) is 3. The molecule has 2 rings (SSSR count). The van der Waals surface area contributed by atoms with Crippen LogP contribution < -0.4 is 16.8 Å². The second kappa shape index (κ2) is 6.26. The summed E-state index contributed by atoms with van der Waals surface area (Å²) in [5.74, 6) is -0.744. The number of carbonyl (C=O) groups excluding carboxylic acids is 1. The molecule has 0 fully saturated rings. The van der Waals surface area contributed by atoms with Gasteiger partial charge in [-0.3, -0.25) is 4.79 Å².